The summed E-state index contributed by atoms with van der Waals surface area (Å²) in [6.45, 7) is 8.63. The highest BCUT2D eigenvalue weighted by molar-refractivity contribution is 6.62. The van der Waals surface area contributed by atoms with Gasteiger partial charge in [0.05, 0.1) is 17.2 Å². The highest BCUT2D eigenvalue weighted by Gasteiger charge is 2.51. The maximum absolute atomic E-state index is 13.0. The van der Waals surface area contributed by atoms with Crippen LogP contribution in [0, 0.1) is 0 Å². The quantitative estimate of drug-likeness (QED) is 0.430. The molecule has 184 valence electrons. The average Bonchev–Trinajstić information content (AvgIpc) is 3.05. The Morgan fingerprint density at radius 1 is 0.971 bits per heavy atom. The van der Waals surface area contributed by atoms with Gasteiger partial charge in [-0.05, 0) is 76.4 Å². The van der Waals surface area contributed by atoms with Gasteiger partial charge in [-0.3, -0.25) is 4.90 Å². The molecule has 0 spiro atoms. The van der Waals surface area contributed by atoms with Gasteiger partial charge < -0.3 is 14.0 Å². The van der Waals surface area contributed by atoms with Crippen molar-refractivity contribution in [2.24, 2.45) is 0 Å². The van der Waals surface area contributed by atoms with E-state index in [2.05, 4.69) is 58.0 Å². The van der Waals surface area contributed by atoms with Crippen LogP contribution in [0.5, 0.6) is 0 Å². The molecule has 1 amide bonds. The molecule has 2 fully saturated rings. The fourth-order valence-electron chi connectivity index (χ4n) is 5.36. The van der Waals surface area contributed by atoms with Crippen LogP contribution in [0.3, 0.4) is 0 Å². The molecule has 35 heavy (non-hydrogen) atoms. The summed E-state index contributed by atoms with van der Waals surface area (Å²) < 4.78 is 18.1. The predicted molar refractivity (Wildman–Crippen MR) is 138 cm³/mol. The molecule has 2 bridgehead atoms. The third-order valence-corrected chi connectivity index (χ3v) is 8.07. The first-order valence-electron chi connectivity index (χ1n) is 12.8. The molecule has 5 nitrogen and oxygen atoms in total. The third kappa shape index (κ3) is 5.05. The number of fused-ring (bicyclic) bond motifs is 2. The predicted octanol–water partition coefficient (Wildman–Crippen LogP) is 5.42. The maximum atomic E-state index is 13.0. The summed E-state index contributed by atoms with van der Waals surface area (Å²) in [5.41, 5.74) is 4.08. The van der Waals surface area contributed by atoms with Gasteiger partial charge in [0, 0.05) is 6.04 Å². The second-order valence-corrected chi connectivity index (χ2v) is 11.1. The molecule has 0 aromatic heterocycles. The summed E-state index contributed by atoms with van der Waals surface area (Å²) in [6.07, 6.45) is 7.13. The van der Waals surface area contributed by atoms with Crippen molar-refractivity contribution in [2.75, 3.05) is 0 Å². The first-order chi connectivity index (χ1) is 16.7. The van der Waals surface area contributed by atoms with Crippen LogP contribution >= 0.6 is 0 Å². The topological polar surface area (TPSA) is 48.0 Å². The van der Waals surface area contributed by atoms with Crippen molar-refractivity contribution >= 4 is 18.7 Å². The Labute approximate surface area is 209 Å². The summed E-state index contributed by atoms with van der Waals surface area (Å²) in [7, 11) is -0.335. The lowest BCUT2D eigenvalue weighted by Gasteiger charge is -2.44. The van der Waals surface area contributed by atoms with Crippen molar-refractivity contribution in [2.45, 2.75) is 89.7 Å². The van der Waals surface area contributed by atoms with E-state index in [4.69, 9.17) is 14.0 Å². The number of benzene rings is 2. The van der Waals surface area contributed by atoms with Crippen molar-refractivity contribution in [3.8, 4) is 0 Å². The van der Waals surface area contributed by atoms with E-state index in [1.165, 1.54) is 11.1 Å². The highest BCUT2D eigenvalue weighted by atomic mass is 16.7. The van der Waals surface area contributed by atoms with E-state index >= 15 is 0 Å². The number of carbonyl (C=O) groups excluding carboxylic acids is 1. The lowest BCUT2D eigenvalue weighted by Crippen LogP contribution is -2.52. The molecule has 0 saturated carbocycles. The zero-order chi connectivity index (χ0) is 24.6. The third-order valence-electron chi connectivity index (χ3n) is 8.07. The van der Waals surface area contributed by atoms with Gasteiger partial charge in [-0.2, -0.15) is 0 Å². The molecular weight excluding hydrogens is 437 g/mol. The van der Waals surface area contributed by atoms with Gasteiger partial charge in [0.25, 0.3) is 0 Å². The lowest BCUT2D eigenvalue weighted by atomic mass is 9.78. The average molecular weight is 473 g/mol. The summed E-state index contributed by atoms with van der Waals surface area (Å²) in [6, 6.07) is 18.8. The van der Waals surface area contributed by atoms with Crippen molar-refractivity contribution in [3.63, 3.8) is 0 Å². The van der Waals surface area contributed by atoms with E-state index in [1.54, 1.807) is 0 Å². The smallest absolute Gasteiger partial charge is 0.445 e. The Morgan fingerprint density at radius 3 is 2.31 bits per heavy atom. The number of hydrogen-bond donors (Lipinski definition) is 0. The number of hydrogen-bond acceptors (Lipinski definition) is 4. The SMILES string of the molecule is CC1(C)OB(c2ccc(CC3=CC4CCCC(C3)N4C(=O)OCc3ccccc3)cc2)OC1(C)C. The molecule has 2 atom stereocenters. The van der Waals surface area contributed by atoms with Crippen molar-refractivity contribution < 1.29 is 18.8 Å². The second kappa shape index (κ2) is 9.48. The first-order valence-corrected chi connectivity index (χ1v) is 12.8. The zero-order valence-corrected chi connectivity index (χ0v) is 21.3. The molecule has 6 heteroatoms. The number of piperidine rings is 1. The molecule has 5 rings (SSSR count). The first kappa shape index (κ1) is 24.1. The summed E-state index contributed by atoms with van der Waals surface area (Å²) >= 11 is 0. The van der Waals surface area contributed by atoms with E-state index in [1.807, 2.05) is 35.2 Å². The van der Waals surface area contributed by atoms with Gasteiger partial charge >= 0.3 is 13.2 Å². The minimum atomic E-state index is -0.338. The minimum Gasteiger partial charge on any atom is -0.445 e. The maximum Gasteiger partial charge on any atom is 0.494 e. The molecule has 0 aliphatic carbocycles. The van der Waals surface area contributed by atoms with E-state index in [-0.39, 0.29) is 36.5 Å². The van der Waals surface area contributed by atoms with Crippen LogP contribution in [0.2, 0.25) is 0 Å². The molecule has 2 aromatic rings. The zero-order valence-electron chi connectivity index (χ0n) is 21.3. The fourth-order valence-corrected chi connectivity index (χ4v) is 5.36. The highest BCUT2D eigenvalue weighted by Crippen LogP contribution is 2.37. The van der Waals surface area contributed by atoms with Gasteiger partial charge in [0.2, 0.25) is 0 Å². The van der Waals surface area contributed by atoms with Crippen LogP contribution in [-0.2, 0) is 27.1 Å². The Kier molecular flexibility index (Phi) is 6.54. The molecule has 0 N–H and O–H groups in total. The lowest BCUT2D eigenvalue weighted by molar-refractivity contribution is 0.00578. The monoisotopic (exact) mass is 473 g/mol. The molecule has 3 heterocycles. The Morgan fingerprint density at radius 2 is 1.66 bits per heavy atom. The van der Waals surface area contributed by atoms with Gasteiger partial charge in [-0.25, -0.2) is 4.79 Å². The molecule has 0 radical (unpaired) electrons. The van der Waals surface area contributed by atoms with Gasteiger partial charge in [0.15, 0.2) is 0 Å². The minimum absolute atomic E-state index is 0.129. The van der Waals surface area contributed by atoms with Crippen molar-refractivity contribution in [1.82, 2.24) is 4.90 Å². The van der Waals surface area contributed by atoms with Gasteiger partial charge in [-0.1, -0.05) is 66.2 Å². The summed E-state index contributed by atoms with van der Waals surface area (Å²) in [4.78, 5) is 14.9. The van der Waals surface area contributed by atoms with Gasteiger partial charge in [0.1, 0.15) is 6.61 Å². The van der Waals surface area contributed by atoms with Crippen LogP contribution in [0.15, 0.2) is 66.2 Å². The molecule has 2 aromatic carbocycles. The molecule has 2 unspecified atom stereocenters. The van der Waals surface area contributed by atoms with Crippen molar-refractivity contribution in [3.05, 3.63) is 77.4 Å². The van der Waals surface area contributed by atoms with Crippen LogP contribution in [0.1, 0.15) is 64.5 Å². The van der Waals surface area contributed by atoms with Gasteiger partial charge in [-0.15, -0.1) is 0 Å². The Hall–Kier alpha value is -2.57. The molecule has 3 aliphatic rings. The molecule has 2 saturated heterocycles. The van der Waals surface area contributed by atoms with E-state index in [0.717, 1.165) is 43.1 Å². The number of ether oxygens (including phenoxy) is 1. The summed E-state index contributed by atoms with van der Waals surface area (Å²) in [5.74, 6) is 0. The Balaban J connectivity index is 1.22. The normalized spacial score (nSPS) is 24.7. The number of nitrogens with zero attached hydrogens (tertiary/aromatic N) is 1. The number of carbonyl (C=O) groups is 1. The van der Waals surface area contributed by atoms with E-state index in [9.17, 15) is 4.79 Å². The van der Waals surface area contributed by atoms with Crippen LogP contribution in [0.25, 0.3) is 0 Å². The van der Waals surface area contributed by atoms with E-state index < -0.39 is 0 Å². The van der Waals surface area contributed by atoms with E-state index in [0.29, 0.717) is 6.61 Å². The number of rotatable bonds is 5. The van der Waals surface area contributed by atoms with Crippen LogP contribution < -0.4 is 5.46 Å². The standard InChI is InChI=1S/C29H36BNO4/c1-28(2)29(3,4)35-30(34-28)24-15-13-21(14-16-24)17-23-18-25-11-8-12-26(19-23)31(25)27(32)33-20-22-9-6-5-7-10-22/h5-7,9-10,13-16,18,25-26H,8,11-12,17,19-20H2,1-4H3. The second-order valence-electron chi connectivity index (χ2n) is 11.1. The Bertz CT molecular complexity index is 1060. The molecule has 3 aliphatic heterocycles. The summed E-state index contributed by atoms with van der Waals surface area (Å²) in [5, 5.41) is 0. The van der Waals surface area contributed by atoms with Crippen molar-refractivity contribution in [1.29, 1.82) is 0 Å². The fraction of sp³-hybridized carbons (Fsp3) is 0.483. The largest absolute Gasteiger partial charge is 0.494 e. The van der Waals surface area contributed by atoms with Crippen LogP contribution in [0.4, 0.5) is 4.79 Å². The van der Waals surface area contributed by atoms with Crippen LogP contribution in [-0.4, -0.2) is 41.4 Å². The number of amides is 1. The molecular formula is C29H36BNO4.